The van der Waals surface area contributed by atoms with E-state index in [4.69, 9.17) is 0 Å². The molecular formula is C18H13N7O2. The molecule has 2 aromatic carbocycles. The quantitative estimate of drug-likeness (QED) is 0.439. The topological polar surface area (TPSA) is 122 Å². The van der Waals surface area contributed by atoms with Crippen LogP contribution in [-0.2, 0) is 0 Å². The van der Waals surface area contributed by atoms with E-state index >= 15 is 0 Å². The van der Waals surface area contributed by atoms with Gasteiger partial charge in [0.05, 0.1) is 5.69 Å². The third-order valence-corrected chi connectivity index (χ3v) is 4.52. The van der Waals surface area contributed by atoms with E-state index in [1.165, 1.54) is 0 Å². The third-order valence-electron chi connectivity index (χ3n) is 4.52. The highest BCUT2D eigenvalue weighted by atomic mass is 16.3. The number of aromatic amines is 1. The summed E-state index contributed by atoms with van der Waals surface area (Å²) in [5.41, 5.74) is 2.90. The van der Waals surface area contributed by atoms with E-state index in [1.54, 1.807) is 28.9 Å². The molecule has 3 heterocycles. The highest BCUT2D eigenvalue weighted by Gasteiger charge is 2.34. The fourth-order valence-electron chi connectivity index (χ4n) is 3.32. The van der Waals surface area contributed by atoms with Gasteiger partial charge in [-0.2, -0.15) is 9.78 Å². The lowest BCUT2D eigenvalue weighted by atomic mass is 9.92. The van der Waals surface area contributed by atoms with Crippen molar-refractivity contribution < 1.29 is 5.11 Å². The first kappa shape index (κ1) is 15.3. The van der Waals surface area contributed by atoms with Crippen LogP contribution in [0.1, 0.15) is 17.2 Å². The van der Waals surface area contributed by atoms with Crippen molar-refractivity contribution in [3.05, 3.63) is 76.1 Å². The van der Waals surface area contributed by atoms with E-state index < -0.39 is 6.04 Å². The van der Waals surface area contributed by atoms with Crippen LogP contribution in [0.5, 0.6) is 5.75 Å². The molecule has 2 aromatic heterocycles. The van der Waals surface area contributed by atoms with E-state index in [9.17, 15) is 9.90 Å². The smallest absolute Gasteiger partial charge is 0.288 e. The van der Waals surface area contributed by atoms with Crippen LogP contribution >= 0.6 is 0 Å². The summed E-state index contributed by atoms with van der Waals surface area (Å²) in [6.45, 7) is 0. The van der Waals surface area contributed by atoms with E-state index in [-0.39, 0.29) is 11.3 Å². The van der Waals surface area contributed by atoms with Crippen molar-refractivity contribution in [3.8, 4) is 17.0 Å². The summed E-state index contributed by atoms with van der Waals surface area (Å²) in [6, 6.07) is 15.9. The Morgan fingerprint density at radius 1 is 1.04 bits per heavy atom. The summed E-state index contributed by atoms with van der Waals surface area (Å²) in [4.78, 5) is 12.5. The molecule has 1 aliphatic heterocycles. The zero-order valence-corrected chi connectivity index (χ0v) is 13.9. The van der Waals surface area contributed by atoms with Gasteiger partial charge in [-0.1, -0.05) is 35.4 Å². The number of nitrogens with zero attached hydrogens (tertiary/aromatic N) is 5. The minimum absolute atomic E-state index is 0.150. The van der Waals surface area contributed by atoms with Crippen molar-refractivity contribution in [1.29, 1.82) is 0 Å². The van der Waals surface area contributed by atoms with E-state index in [0.717, 1.165) is 11.1 Å². The molecule has 0 spiro atoms. The molecule has 4 aromatic rings. The highest BCUT2D eigenvalue weighted by Crippen LogP contribution is 2.40. The molecule has 132 valence electrons. The fraction of sp³-hybridized carbons (Fsp3) is 0.0556. The number of tetrazole rings is 1. The van der Waals surface area contributed by atoms with E-state index in [0.29, 0.717) is 22.9 Å². The fourth-order valence-corrected chi connectivity index (χ4v) is 3.32. The van der Waals surface area contributed by atoms with Gasteiger partial charge >= 0.3 is 0 Å². The molecule has 0 amide bonds. The van der Waals surface area contributed by atoms with Crippen LogP contribution < -0.4 is 10.9 Å². The predicted molar refractivity (Wildman–Crippen MR) is 96.7 cm³/mol. The summed E-state index contributed by atoms with van der Waals surface area (Å²) in [5.74, 6) is 0.530. The number of benzene rings is 2. The number of hydrogen-bond donors (Lipinski definition) is 3. The number of phenolic OH excluding ortho intramolecular Hbond substituents is 1. The van der Waals surface area contributed by atoms with Gasteiger partial charge in [0.2, 0.25) is 5.95 Å². The largest absolute Gasteiger partial charge is 0.508 e. The highest BCUT2D eigenvalue weighted by molar-refractivity contribution is 5.75. The molecule has 9 heteroatoms. The van der Waals surface area contributed by atoms with Gasteiger partial charge in [0.25, 0.3) is 5.56 Å². The second kappa shape index (κ2) is 5.77. The first-order valence-electron chi connectivity index (χ1n) is 8.24. The second-order valence-corrected chi connectivity index (χ2v) is 6.12. The molecular weight excluding hydrogens is 346 g/mol. The van der Waals surface area contributed by atoms with E-state index in [1.807, 2.05) is 30.3 Å². The Hall–Kier alpha value is -4.01. The second-order valence-electron chi connectivity index (χ2n) is 6.12. The number of anilines is 2. The molecule has 9 nitrogen and oxygen atoms in total. The van der Waals surface area contributed by atoms with Crippen LogP contribution in [-0.4, -0.2) is 35.5 Å². The Bertz CT molecular complexity index is 1180. The van der Waals surface area contributed by atoms with Gasteiger partial charge in [-0.25, -0.2) is 5.10 Å². The maximum Gasteiger partial charge on any atom is 0.288 e. The van der Waals surface area contributed by atoms with Crippen LogP contribution in [0.2, 0.25) is 0 Å². The Labute approximate surface area is 152 Å². The van der Waals surface area contributed by atoms with Crippen molar-refractivity contribution in [2.45, 2.75) is 6.04 Å². The van der Waals surface area contributed by atoms with Gasteiger partial charge in [-0.3, -0.25) is 4.79 Å². The zero-order valence-electron chi connectivity index (χ0n) is 13.9. The van der Waals surface area contributed by atoms with E-state index in [2.05, 4.69) is 31.0 Å². The Balaban J connectivity index is 1.82. The zero-order chi connectivity index (χ0) is 18.4. The lowest BCUT2D eigenvalue weighted by molar-refractivity contribution is 0.475. The molecule has 1 aliphatic rings. The minimum atomic E-state index is -0.425. The summed E-state index contributed by atoms with van der Waals surface area (Å²) in [7, 11) is 0. The number of H-pyrrole nitrogens is 1. The Kier molecular flexibility index (Phi) is 3.26. The summed E-state index contributed by atoms with van der Waals surface area (Å²) < 4.78 is 1.63. The average molecular weight is 359 g/mol. The minimum Gasteiger partial charge on any atom is -0.508 e. The molecule has 0 bridgehead atoms. The van der Waals surface area contributed by atoms with Gasteiger partial charge in [0, 0.05) is 11.1 Å². The number of rotatable bonds is 2. The van der Waals surface area contributed by atoms with Crippen molar-refractivity contribution >= 4 is 11.6 Å². The molecule has 0 saturated carbocycles. The predicted octanol–water partition coefficient (Wildman–Crippen LogP) is 1.82. The van der Waals surface area contributed by atoms with Gasteiger partial charge in [-0.05, 0) is 40.3 Å². The number of aromatic hydroxyl groups is 1. The maximum atomic E-state index is 12.5. The SMILES string of the molecule is O=c1[nH]nc(-c2ccc(O)cc2)c2c1Nc1nnnn1C2c1ccccc1. The summed E-state index contributed by atoms with van der Waals surface area (Å²) in [5, 5.41) is 31.2. The molecule has 1 unspecified atom stereocenters. The third kappa shape index (κ3) is 2.36. The Morgan fingerprint density at radius 3 is 2.59 bits per heavy atom. The van der Waals surface area contributed by atoms with Crippen LogP contribution in [0.3, 0.4) is 0 Å². The standard InChI is InChI=1S/C18H13N7O2/c26-12-8-6-10(7-9-12)14-13-15(17(27)21-20-14)19-18-22-23-24-25(18)16(13)11-4-2-1-3-5-11/h1-9,16,26H,(H,21,27)(H,19,22,24). The van der Waals surface area contributed by atoms with Crippen molar-refractivity contribution in [3.63, 3.8) is 0 Å². The van der Waals surface area contributed by atoms with Gasteiger partial charge in [0.15, 0.2) is 0 Å². The van der Waals surface area contributed by atoms with Crippen LogP contribution in [0, 0.1) is 0 Å². The molecule has 1 atom stereocenters. The normalized spacial score (nSPS) is 14.9. The number of nitrogens with one attached hydrogen (secondary N) is 2. The number of aromatic nitrogens is 6. The van der Waals surface area contributed by atoms with Gasteiger partial charge < -0.3 is 10.4 Å². The number of hydrogen-bond acceptors (Lipinski definition) is 7. The van der Waals surface area contributed by atoms with Gasteiger partial charge in [0.1, 0.15) is 17.5 Å². The van der Waals surface area contributed by atoms with Crippen molar-refractivity contribution in [2.24, 2.45) is 0 Å². The average Bonchev–Trinajstić information content (AvgIpc) is 3.17. The molecule has 27 heavy (non-hydrogen) atoms. The molecule has 0 saturated heterocycles. The molecule has 0 fully saturated rings. The van der Waals surface area contributed by atoms with Crippen LogP contribution in [0.25, 0.3) is 11.3 Å². The lowest BCUT2D eigenvalue weighted by Crippen LogP contribution is -2.29. The molecule has 0 radical (unpaired) electrons. The summed E-state index contributed by atoms with van der Waals surface area (Å²) >= 11 is 0. The Morgan fingerprint density at radius 2 is 1.81 bits per heavy atom. The molecule has 0 aliphatic carbocycles. The molecule has 5 rings (SSSR count). The molecule has 3 N–H and O–H groups in total. The van der Waals surface area contributed by atoms with Crippen molar-refractivity contribution in [1.82, 2.24) is 30.4 Å². The number of fused-ring (bicyclic) bond motifs is 2. The van der Waals surface area contributed by atoms with Crippen LogP contribution in [0.15, 0.2) is 59.4 Å². The van der Waals surface area contributed by atoms with Crippen LogP contribution in [0.4, 0.5) is 11.6 Å². The first-order valence-corrected chi connectivity index (χ1v) is 8.24. The first-order chi connectivity index (χ1) is 13.2. The van der Waals surface area contributed by atoms with Crippen molar-refractivity contribution in [2.75, 3.05) is 5.32 Å². The lowest BCUT2D eigenvalue weighted by Gasteiger charge is -2.27. The summed E-state index contributed by atoms with van der Waals surface area (Å²) in [6.07, 6.45) is 0. The van der Waals surface area contributed by atoms with Gasteiger partial charge in [-0.15, -0.1) is 0 Å². The number of phenols is 1. The maximum absolute atomic E-state index is 12.5. The monoisotopic (exact) mass is 359 g/mol.